The van der Waals surface area contributed by atoms with Crippen LogP contribution in [0.3, 0.4) is 0 Å². The summed E-state index contributed by atoms with van der Waals surface area (Å²) in [5.74, 6) is 3.69. The van der Waals surface area contributed by atoms with E-state index in [2.05, 4.69) is 55.4 Å². The lowest BCUT2D eigenvalue weighted by Crippen LogP contribution is -2.32. The molecule has 4 atom stereocenters. The van der Waals surface area contributed by atoms with Gasteiger partial charge in [0.15, 0.2) is 0 Å². The van der Waals surface area contributed by atoms with Gasteiger partial charge in [0.25, 0.3) is 0 Å². The average Bonchev–Trinajstić information content (AvgIpc) is 2.77. The molecule has 0 nitrogen and oxygen atoms in total. The van der Waals surface area contributed by atoms with Gasteiger partial charge in [-0.2, -0.15) is 0 Å². The van der Waals surface area contributed by atoms with Crippen molar-refractivity contribution in [3.63, 3.8) is 0 Å². The van der Waals surface area contributed by atoms with E-state index in [9.17, 15) is 0 Å². The highest BCUT2D eigenvalue weighted by Crippen LogP contribution is 2.73. The molecule has 0 amide bonds. The molecule has 2 saturated carbocycles. The maximum absolute atomic E-state index is 2.56. The lowest BCUT2D eigenvalue weighted by molar-refractivity contribution is 0.0865. The lowest BCUT2D eigenvalue weighted by atomic mass is 9.64. The monoisotopic (exact) mass is 264 g/mol. The molecule has 0 aromatic carbocycles. The summed E-state index contributed by atoms with van der Waals surface area (Å²) >= 11 is 0. The van der Waals surface area contributed by atoms with Crippen LogP contribution in [0.15, 0.2) is 0 Å². The number of rotatable bonds is 4. The minimum absolute atomic E-state index is 0.456. The fourth-order valence-corrected chi connectivity index (χ4v) is 6.06. The van der Waals surface area contributed by atoms with E-state index in [0.717, 1.165) is 23.7 Å². The Morgan fingerprint density at radius 1 is 1.11 bits per heavy atom. The van der Waals surface area contributed by atoms with Crippen LogP contribution in [-0.4, -0.2) is 0 Å². The fraction of sp³-hybridized carbons (Fsp3) is 1.00. The van der Waals surface area contributed by atoms with Crippen molar-refractivity contribution in [3.8, 4) is 0 Å². The highest BCUT2D eigenvalue weighted by atomic mass is 14.7. The Morgan fingerprint density at radius 3 is 1.95 bits per heavy atom. The summed E-state index contributed by atoms with van der Waals surface area (Å²) in [7, 11) is 0. The maximum atomic E-state index is 2.56. The minimum Gasteiger partial charge on any atom is -0.0651 e. The van der Waals surface area contributed by atoms with Gasteiger partial charge in [-0.05, 0) is 52.8 Å². The van der Waals surface area contributed by atoms with Crippen molar-refractivity contribution >= 4 is 0 Å². The third kappa shape index (κ3) is 2.38. The Bertz CT molecular complexity index is 326. The first kappa shape index (κ1) is 15.4. The van der Waals surface area contributed by atoms with Crippen LogP contribution in [0, 0.1) is 39.9 Å². The quantitative estimate of drug-likeness (QED) is 0.570. The van der Waals surface area contributed by atoms with Crippen LogP contribution in [0.5, 0.6) is 0 Å². The molecule has 2 rings (SSSR count). The van der Waals surface area contributed by atoms with Crippen LogP contribution in [0.4, 0.5) is 0 Å². The lowest BCUT2D eigenvalue weighted by Gasteiger charge is -2.41. The van der Waals surface area contributed by atoms with Gasteiger partial charge >= 0.3 is 0 Å². The van der Waals surface area contributed by atoms with Gasteiger partial charge in [0.1, 0.15) is 0 Å². The molecule has 2 aliphatic carbocycles. The van der Waals surface area contributed by atoms with Gasteiger partial charge in [-0.15, -0.1) is 0 Å². The maximum Gasteiger partial charge on any atom is -0.0270 e. The van der Waals surface area contributed by atoms with Gasteiger partial charge in [-0.1, -0.05) is 68.2 Å². The molecular weight excluding hydrogens is 228 g/mol. The molecule has 19 heavy (non-hydrogen) atoms. The molecule has 0 radical (unpaired) electrons. The van der Waals surface area contributed by atoms with E-state index in [4.69, 9.17) is 0 Å². The third-order valence-electron chi connectivity index (χ3n) is 6.91. The van der Waals surface area contributed by atoms with E-state index in [-0.39, 0.29) is 0 Å². The molecule has 0 spiro atoms. The van der Waals surface area contributed by atoms with Gasteiger partial charge < -0.3 is 0 Å². The fourth-order valence-electron chi connectivity index (χ4n) is 6.06. The molecule has 0 saturated heterocycles. The zero-order valence-electron chi connectivity index (χ0n) is 14.6. The first-order valence-corrected chi connectivity index (χ1v) is 8.55. The van der Waals surface area contributed by atoms with Crippen molar-refractivity contribution in [1.82, 2.24) is 0 Å². The van der Waals surface area contributed by atoms with Crippen LogP contribution in [0.1, 0.15) is 81.1 Å². The summed E-state index contributed by atoms with van der Waals surface area (Å²) in [6, 6.07) is 0. The van der Waals surface area contributed by atoms with Crippen LogP contribution in [-0.2, 0) is 0 Å². The van der Waals surface area contributed by atoms with Crippen molar-refractivity contribution < 1.29 is 0 Å². The summed E-state index contributed by atoms with van der Waals surface area (Å²) in [6.07, 6.45) is 5.77. The van der Waals surface area contributed by atoms with Crippen molar-refractivity contribution in [2.75, 3.05) is 0 Å². The number of hydrogen-bond acceptors (Lipinski definition) is 0. The zero-order valence-corrected chi connectivity index (χ0v) is 14.6. The molecule has 0 heterocycles. The van der Waals surface area contributed by atoms with E-state index in [1.165, 1.54) is 25.7 Å². The number of hydrogen-bond donors (Lipinski definition) is 0. The molecule has 2 fully saturated rings. The molecule has 112 valence electrons. The highest BCUT2D eigenvalue weighted by Gasteiger charge is 2.67. The molecule has 0 heteroatoms. The Morgan fingerprint density at radius 2 is 1.63 bits per heavy atom. The summed E-state index contributed by atoms with van der Waals surface area (Å²) in [4.78, 5) is 0. The Labute approximate surface area is 121 Å². The predicted molar refractivity (Wildman–Crippen MR) is 85.1 cm³/mol. The van der Waals surface area contributed by atoms with Crippen LogP contribution in [0.2, 0.25) is 0 Å². The van der Waals surface area contributed by atoms with Crippen molar-refractivity contribution in [3.05, 3.63) is 0 Å². The van der Waals surface area contributed by atoms with E-state index in [1.54, 1.807) is 0 Å². The second kappa shape index (κ2) is 4.50. The Hall–Kier alpha value is 0. The van der Waals surface area contributed by atoms with E-state index in [0.29, 0.717) is 16.2 Å². The molecule has 0 bridgehead atoms. The molecular formula is C19H36. The SMILES string of the molecule is CCC(C(C)C1C(C2(C)CCC2)C1(C)C)C(C)(C)C. The molecule has 0 N–H and O–H groups in total. The topological polar surface area (TPSA) is 0 Å². The minimum atomic E-state index is 0.456. The predicted octanol–water partition coefficient (Wildman–Crippen LogP) is 6.16. The van der Waals surface area contributed by atoms with Crippen molar-refractivity contribution in [1.29, 1.82) is 0 Å². The molecule has 0 aromatic rings. The summed E-state index contributed by atoms with van der Waals surface area (Å²) in [5.41, 5.74) is 1.73. The molecule has 0 aromatic heterocycles. The summed E-state index contributed by atoms with van der Waals surface area (Å²) < 4.78 is 0. The second-order valence-electron chi connectivity index (χ2n) is 9.57. The van der Waals surface area contributed by atoms with Gasteiger partial charge in [0.05, 0.1) is 0 Å². The highest BCUT2D eigenvalue weighted by molar-refractivity contribution is 5.15. The van der Waals surface area contributed by atoms with Gasteiger partial charge in [0.2, 0.25) is 0 Å². The standard InChI is InChI=1S/C19H36/c1-9-14(17(3,4)5)13(2)15-16(18(15,6)7)19(8)11-10-12-19/h13-16H,9-12H2,1-8H3. The van der Waals surface area contributed by atoms with Crippen LogP contribution >= 0.6 is 0 Å². The smallest absolute Gasteiger partial charge is 0.0270 e. The molecule has 4 unspecified atom stereocenters. The zero-order chi connectivity index (χ0) is 14.6. The van der Waals surface area contributed by atoms with Crippen LogP contribution in [0.25, 0.3) is 0 Å². The van der Waals surface area contributed by atoms with E-state index in [1.807, 2.05) is 0 Å². The normalized spacial score (nSPS) is 35.4. The Balaban J connectivity index is 2.14. The first-order chi connectivity index (χ1) is 8.55. The summed E-state index contributed by atoms with van der Waals surface area (Å²) in [5, 5.41) is 0. The largest absolute Gasteiger partial charge is 0.0651 e. The Kier molecular flexibility index (Phi) is 3.64. The van der Waals surface area contributed by atoms with E-state index < -0.39 is 0 Å². The van der Waals surface area contributed by atoms with Gasteiger partial charge in [0, 0.05) is 0 Å². The van der Waals surface area contributed by atoms with Crippen molar-refractivity contribution in [2.45, 2.75) is 81.1 Å². The van der Waals surface area contributed by atoms with Crippen molar-refractivity contribution in [2.24, 2.45) is 39.9 Å². The first-order valence-electron chi connectivity index (χ1n) is 8.55. The van der Waals surface area contributed by atoms with E-state index >= 15 is 0 Å². The van der Waals surface area contributed by atoms with Gasteiger partial charge in [-0.3, -0.25) is 0 Å². The average molecular weight is 264 g/mol. The van der Waals surface area contributed by atoms with Crippen LogP contribution < -0.4 is 0 Å². The molecule has 2 aliphatic rings. The third-order valence-corrected chi connectivity index (χ3v) is 6.91. The van der Waals surface area contributed by atoms with Gasteiger partial charge in [-0.25, -0.2) is 0 Å². The second-order valence-corrected chi connectivity index (χ2v) is 9.57. The summed E-state index contributed by atoms with van der Waals surface area (Å²) in [6.45, 7) is 19.9. The molecule has 0 aliphatic heterocycles.